The van der Waals surface area contributed by atoms with Crippen LogP contribution in [0.15, 0.2) is 76.4 Å². The van der Waals surface area contributed by atoms with Crippen LogP contribution in [0.4, 0.5) is 0 Å². The minimum atomic E-state index is -4.03. The molecule has 0 radical (unpaired) electrons. The third kappa shape index (κ3) is 3.78. The summed E-state index contributed by atoms with van der Waals surface area (Å²) in [7, 11) is -4.03. The molecule has 0 fully saturated rings. The molecular formula is C17H12BrClN2O3S. The molecule has 0 aliphatic carbocycles. The van der Waals surface area contributed by atoms with Gasteiger partial charge in [-0.3, -0.25) is 4.79 Å². The number of aromatic nitrogens is 1. The lowest BCUT2D eigenvalue weighted by atomic mass is 10.2. The number of carbonyl (C=O) groups is 1. The number of nitrogens with one attached hydrogen (secondary N) is 1. The van der Waals surface area contributed by atoms with E-state index in [2.05, 4.69) is 20.7 Å². The molecule has 0 atom stereocenters. The van der Waals surface area contributed by atoms with Crippen molar-refractivity contribution in [3.63, 3.8) is 0 Å². The summed E-state index contributed by atoms with van der Waals surface area (Å²) < 4.78 is 29.1. The summed E-state index contributed by atoms with van der Waals surface area (Å²) in [6.45, 7) is 0. The van der Waals surface area contributed by atoms with Crippen molar-refractivity contribution in [2.75, 3.05) is 0 Å². The van der Waals surface area contributed by atoms with Crippen molar-refractivity contribution >= 4 is 43.5 Å². The summed E-state index contributed by atoms with van der Waals surface area (Å²) in [6, 6.07) is 14.7. The van der Waals surface area contributed by atoms with Gasteiger partial charge in [0, 0.05) is 22.6 Å². The molecule has 0 unspecified atom stereocenters. The number of hydrogen-bond donors (Lipinski definition) is 1. The van der Waals surface area contributed by atoms with Crippen molar-refractivity contribution in [3.8, 4) is 5.69 Å². The Kier molecular flexibility index (Phi) is 4.99. The standard InChI is InChI=1S/C17H12BrClN2O3S/c18-14-5-1-2-6-16(14)25(23,24)20-17(22)13-11-12(7-8-15(13)19)21-9-3-4-10-21/h1-11H,(H,20,22). The number of nitrogens with zero attached hydrogens (tertiary/aromatic N) is 1. The lowest BCUT2D eigenvalue weighted by molar-refractivity contribution is 0.0981. The maximum atomic E-state index is 12.5. The van der Waals surface area contributed by atoms with Crippen LogP contribution >= 0.6 is 27.5 Å². The molecule has 0 spiro atoms. The fraction of sp³-hybridized carbons (Fsp3) is 0. The van der Waals surface area contributed by atoms with E-state index in [-0.39, 0.29) is 15.5 Å². The van der Waals surface area contributed by atoms with Crippen molar-refractivity contribution in [1.82, 2.24) is 9.29 Å². The van der Waals surface area contributed by atoms with E-state index in [0.717, 1.165) is 0 Å². The second-order valence-corrected chi connectivity index (χ2v) is 8.03. The van der Waals surface area contributed by atoms with Crippen molar-refractivity contribution in [2.45, 2.75) is 4.90 Å². The summed E-state index contributed by atoms with van der Waals surface area (Å²) in [5.74, 6) is -0.797. The average Bonchev–Trinajstić information content (AvgIpc) is 3.09. The molecule has 0 saturated heterocycles. The summed E-state index contributed by atoms with van der Waals surface area (Å²) in [4.78, 5) is 12.5. The van der Waals surface area contributed by atoms with Gasteiger partial charge in [-0.1, -0.05) is 23.7 Å². The number of benzene rings is 2. The van der Waals surface area contributed by atoms with E-state index in [4.69, 9.17) is 11.6 Å². The molecule has 3 rings (SSSR count). The summed E-state index contributed by atoms with van der Waals surface area (Å²) in [5.41, 5.74) is 0.765. The highest BCUT2D eigenvalue weighted by atomic mass is 79.9. The van der Waals surface area contributed by atoms with Crippen LogP contribution in [0.3, 0.4) is 0 Å². The first-order valence-corrected chi connectivity index (χ1v) is 9.78. The van der Waals surface area contributed by atoms with E-state index in [1.807, 2.05) is 24.5 Å². The van der Waals surface area contributed by atoms with E-state index in [1.54, 1.807) is 34.9 Å². The van der Waals surface area contributed by atoms with Gasteiger partial charge in [-0.25, -0.2) is 13.1 Å². The molecule has 1 amide bonds. The van der Waals surface area contributed by atoms with Crippen molar-refractivity contribution in [3.05, 3.63) is 82.0 Å². The smallest absolute Gasteiger partial charge is 0.266 e. The summed E-state index contributed by atoms with van der Waals surface area (Å²) in [6.07, 6.45) is 3.62. The van der Waals surface area contributed by atoms with Crippen LogP contribution in [0.5, 0.6) is 0 Å². The molecule has 1 N–H and O–H groups in total. The highest BCUT2D eigenvalue weighted by Gasteiger charge is 2.22. The Hall–Kier alpha value is -2.09. The van der Waals surface area contributed by atoms with Crippen LogP contribution in [-0.4, -0.2) is 18.9 Å². The predicted octanol–water partition coefficient (Wildman–Crippen LogP) is 4.01. The predicted molar refractivity (Wildman–Crippen MR) is 99.6 cm³/mol. The molecule has 3 aromatic rings. The molecule has 1 heterocycles. The van der Waals surface area contributed by atoms with Gasteiger partial charge in [0.05, 0.1) is 10.6 Å². The Morgan fingerprint density at radius 2 is 1.72 bits per heavy atom. The van der Waals surface area contributed by atoms with E-state index < -0.39 is 15.9 Å². The van der Waals surface area contributed by atoms with Gasteiger partial charge < -0.3 is 4.57 Å². The van der Waals surface area contributed by atoms with Crippen LogP contribution in [0, 0.1) is 0 Å². The maximum Gasteiger partial charge on any atom is 0.266 e. The average molecular weight is 440 g/mol. The number of sulfonamides is 1. The van der Waals surface area contributed by atoms with Crippen molar-refractivity contribution in [2.24, 2.45) is 0 Å². The largest absolute Gasteiger partial charge is 0.324 e. The van der Waals surface area contributed by atoms with Gasteiger partial charge in [-0.05, 0) is 58.4 Å². The minimum Gasteiger partial charge on any atom is -0.324 e. The normalized spacial score (nSPS) is 11.3. The fourth-order valence-electron chi connectivity index (χ4n) is 2.25. The van der Waals surface area contributed by atoms with Crippen molar-refractivity contribution in [1.29, 1.82) is 0 Å². The second kappa shape index (κ2) is 7.03. The van der Waals surface area contributed by atoms with Gasteiger partial charge in [0.15, 0.2) is 0 Å². The quantitative estimate of drug-likeness (QED) is 0.668. The Bertz CT molecular complexity index is 1030. The van der Waals surface area contributed by atoms with Crippen molar-refractivity contribution < 1.29 is 13.2 Å². The molecule has 2 aromatic carbocycles. The first kappa shape index (κ1) is 17.7. The van der Waals surface area contributed by atoms with Crippen LogP contribution in [0.1, 0.15) is 10.4 Å². The van der Waals surface area contributed by atoms with Gasteiger partial charge >= 0.3 is 0 Å². The Labute approximate surface area is 158 Å². The third-order valence-corrected chi connectivity index (χ3v) is 6.12. The topological polar surface area (TPSA) is 68.2 Å². The minimum absolute atomic E-state index is 0.0268. The highest BCUT2D eigenvalue weighted by molar-refractivity contribution is 9.10. The van der Waals surface area contributed by atoms with Crippen LogP contribution in [0.2, 0.25) is 5.02 Å². The first-order chi connectivity index (χ1) is 11.9. The maximum absolute atomic E-state index is 12.5. The van der Waals surface area contributed by atoms with E-state index >= 15 is 0 Å². The van der Waals surface area contributed by atoms with E-state index in [1.165, 1.54) is 12.1 Å². The molecule has 0 aliphatic heterocycles. The Balaban J connectivity index is 1.94. The zero-order valence-electron chi connectivity index (χ0n) is 12.7. The van der Waals surface area contributed by atoms with Crippen LogP contribution < -0.4 is 4.72 Å². The molecule has 128 valence electrons. The monoisotopic (exact) mass is 438 g/mol. The highest BCUT2D eigenvalue weighted by Crippen LogP contribution is 2.23. The van der Waals surface area contributed by atoms with Gasteiger partial charge in [-0.2, -0.15) is 0 Å². The zero-order chi connectivity index (χ0) is 18.0. The molecule has 1 aromatic heterocycles. The van der Waals surface area contributed by atoms with Gasteiger partial charge in [0.2, 0.25) is 0 Å². The van der Waals surface area contributed by atoms with Gasteiger partial charge in [0.25, 0.3) is 15.9 Å². The van der Waals surface area contributed by atoms with Crippen LogP contribution in [-0.2, 0) is 10.0 Å². The Morgan fingerprint density at radius 1 is 1.04 bits per heavy atom. The fourth-order valence-corrected chi connectivity index (χ4v) is 4.42. The summed E-state index contributed by atoms with van der Waals surface area (Å²) >= 11 is 9.26. The van der Waals surface area contributed by atoms with Gasteiger partial charge in [0.1, 0.15) is 4.90 Å². The molecule has 0 bridgehead atoms. The summed E-state index contributed by atoms with van der Waals surface area (Å²) in [5, 5.41) is 0.163. The zero-order valence-corrected chi connectivity index (χ0v) is 15.8. The Morgan fingerprint density at radius 3 is 2.40 bits per heavy atom. The number of halogens is 2. The molecule has 0 saturated carbocycles. The van der Waals surface area contributed by atoms with Gasteiger partial charge in [-0.15, -0.1) is 0 Å². The lowest BCUT2D eigenvalue weighted by Gasteiger charge is -2.11. The van der Waals surface area contributed by atoms with Crippen LogP contribution in [0.25, 0.3) is 5.69 Å². The molecule has 25 heavy (non-hydrogen) atoms. The number of carbonyl (C=O) groups excluding carboxylic acids is 1. The van der Waals surface area contributed by atoms with E-state index in [9.17, 15) is 13.2 Å². The number of rotatable bonds is 4. The second-order valence-electron chi connectivity index (χ2n) is 5.12. The molecule has 5 nitrogen and oxygen atoms in total. The lowest BCUT2D eigenvalue weighted by Crippen LogP contribution is -2.31. The molecule has 8 heteroatoms. The number of amides is 1. The molecular weight excluding hydrogens is 428 g/mol. The number of hydrogen-bond acceptors (Lipinski definition) is 3. The molecule has 0 aliphatic rings. The SMILES string of the molecule is O=C(NS(=O)(=O)c1ccccc1Br)c1cc(-n2cccc2)ccc1Cl. The van der Waals surface area contributed by atoms with E-state index in [0.29, 0.717) is 10.2 Å². The third-order valence-electron chi connectivity index (χ3n) is 3.45. The first-order valence-electron chi connectivity index (χ1n) is 7.13.